The number of allylic oxidation sites excluding steroid dienone is 2. The maximum atomic E-state index is 13.5. The minimum Gasteiger partial charge on any atom is -0.490 e. The van der Waals surface area contributed by atoms with Crippen LogP contribution in [0.2, 0.25) is 0 Å². The Kier molecular flexibility index (Phi) is 18.7. The highest BCUT2D eigenvalue weighted by molar-refractivity contribution is 6.08. The lowest BCUT2D eigenvalue weighted by Gasteiger charge is -2.31. The molecular formula is C44H65N7O3. The number of amides is 1. The standard InChI is InChI=1S/C44H65N7O3/c1-11-15-16-25-45-44(48-37-21-22-40(34(6)30-37)54-39-23-28-50(29-24-39)46-14-4)43-35(7)31-41(36(8)47-43)53-32-38(13-3)51(27-17-19-33(5)12-2)42(52)20-18-26-49(9)10/h14,16,18,20-25,28,30-31,33,38H,11-13,15,17,19,26-27,29,32H2,1-10H3,(H,45,48)/b20-18+,25-16+,46-14-. The topological polar surface area (TPSA) is 94.9 Å². The molecule has 1 amide bonds. The van der Waals surface area contributed by atoms with Gasteiger partial charge in [-0.05, 0) is 121 Å². The van der Waals surface area contributed by atoms with Gasteiger partial charge in [0.2, 0.25) is 5.91 Å². The first kappa shape index (κ1) is 43.7. The molecule has 0 saturated heterocycles. The number of amidine groups is 1. The Balaban J connectivity index is 1.81. The molecule has 3 rings (SSSR count). The van der Waals surface area contributed by atoms with E-state index in [4.69, 9.17) is 19.5 Å². The quantitative estimate of drug-likeness (QED) is 0.0775. The smallest absolute Gasteiger partial charge is 0.246 e. The zero-order chi connectivity index (χ0) is 39.5. The van der Waals surface area contributed by atoms with E-state index in [1.165, 1.54) is 0 Å². The predicted octanol–water partition coefficient (Wildman–Crippen LogP) is 9.21. The lowest BCUT2D eigenvalue weighted by molar-refractivity contribution is -0.129. The number of likely N-dealkylation sites (N-methyl/N-ethyl adjacent to an activating group) is 1. The lowest BCUT2D eigenvalue weighted by atomic mass is 10.0. The first-order valence-electron chi connectivity index (χ1n) is 19.6. The first-order chi connectivity index (χ1) is 26.0. The normalized spacial score (nSPS) is 14.7. The number of anilines is 1. The van der Waals surface area contributed by atoms with Gasteiger partial charge in [-0.1, -0.05) is 52.7 Å². The van der Waals surface area contributed by atoms with Crippen molar-refractivity contribution in [2.75, 3.05) is 45.7 Å². The lowest BCUT2D eigenvalue weighted by Crippen LogP contribution is -2.43. The fourth-order valence-corrected chi connectivity index (χ4v) is 5.84. The van der Waals surface area contributed by atoms with Crippen LogP contribution < -0.4 is 14.8 Å². The van der Waals surface area contributed by atoms with Crippen molar-refractivity contribution in [3.8, 4) is 11.5 Å². The van der Waals surface area contributed by atoms with Gasteiger partial charge in [-0.15, -0.1) is 0 Å². The van der Waals surface area contributed by atoms with Gasteiger partial charge in [0.05, 0.1) is 18.3 Å². The summed E-state index contributed by atoms with van der Waals surface area (Å²) in [6.07, 6.45) is 21.1. The van der Waals surface area contributed by atoms with Gasteiger partial charge in [-0.25, -0.2) is 9.98 Å². The molecule has 1 aromatic heterocycles. The summed E-state index contributed by atoms with van der Waals surface area (Å²) in [7, 11) is 4.00. The van der Waals surface area contributed by atoms with Crippen LogP contribution in [-0.2, 0) is 4.79 Å². The SMILES string of the molecule is C/C=N\N1C=CC(Oc2ccc(NC(=N/C=C/CCC)c3nc(C)c(OCC(CC)N(CCCC(C)CC)C(=O)/C=C/CN(C)C)cc3C)cc2C)=CC1. The molecule has 0 saturated carbocycles. The number of hydrogen-bond donors (Lipinski definition) is 1. The van der Waals surface area contributed by atoms with Crippen LogP contribution in [0.25, 0.3) is 0 Å². The minimum atomic E-state index is -0.0640. The molecule has 2 atom stereocenters. The van der Waals surface area contributed by atoms with Gasteiger partial charge in [-0.2, -0.15) is 5.10 Å². The summed E-state index contributed by atoms with van der Waals surface area (Å²) in [6, 6.07) is 7.98. The molecule has 54 heavy (non-hydrogen) atoms. The van der Waals surface area contributed by atoms with Crippen LogP contribution >= 0.6 is 0 Å². The predicted molar refractivity (Wildman–Crippen MR) is 225 cm³/mol. The third-order valence-corrected chi connectivity index (χ3v) is 9.32. The molecule has 1 aliphatic rings. The number of benzene rings is 1. The van der Waals surface area contributed by atoms with Crippen LogP contribution in [0, 0.1) is 26.7 Å². The molecule has 10 heteroatoms. The molecule has 0 spiro atoms. The van der Waals surface area contributed by atoms with Gasteiger partial charge >= 0.3 is 0 Å². The Hall–Kier alpha value is -4.70. The Morgan fingerprint density at radius 3 is 2.52 bits per heavy atom. The van der Waals surface area contributed by atoms with Crippen molar-refractivity contribution in [2.24, 2.45) is 16.0 Å². The van der Waals surface area contributed by atoms with Crippen molar-refractivity contribution in [3.05, 3.63) is 95.3 Å². The van der Waals surface area contributed by atoms with Crippen molar-refractivity contribution in [1.82, 2.24) is 19.8 Å². The number of aliphatic imine (C=N–C) groups is 1. The fraction of sp³-hybridized carbons (Fsp3) is 0.500. The maximum Gasteiger partial charge on any atom is 0.246 e. The number of hydrogen-bond acceptors (Lipinski definition) is 8. The van der Waals surface area contributed by atoms with Gasteiger partial charge in [-0.3, -0.25) is 9.80 Å². The van der Waals surface area contributed by atoms with E-state index in [-0.39, 0.29) is 11.9 Å². The number of rotatable bonds is 21. The van der Waals surface area contributed by atoms with Crippen molar-refractivity contribution >= 4 is 23.6 Å². The summed E-state index contributed by atoms with van der Waals surface area (Å²) >= 11 is 0. The molecule has 0 bridgehead atoms. The summed E-state index contributed by atoms with van der Waals surface area (Å²) < 4.78 is 12.7. The van der Waals surface area contributed by atoms with Crippen LogP contribution in [0.15, 0.2) is 82.9 Å². The number of ether oxygens (including phenoxy) is 2. The fourth-order valence-electron chi connectivity index (χ4n) is 5.84. The summed E-state index contributed by atoms with van der Waals surface area (Å²) in [6.45, 7) is 19.1. The van der Waals surface area contributed by atoms with Crippen LogP contribution in [0.3, 0.4) is 0 Å². The van der Waals surface area contributed by atoms with E-state index in [2.05, 4.69) is 50.3 Å². The molecule has 1 aliphatic heterocycles. The van der Waals surface area contributed by atoms with Gasteiger partial charge < -0.3 is 24.6 Å². The molecule has 1 aromatic carbocycles. The van der Waals surface area contributed by atoms with Crippen LogP contribution in [-0.4, -0.2) is 84.1 Å². The van der Waals surface area contributed by atoms with E-state index in [1.807, 2.05) is 105 Å². The number of unbranched alkanes of at least 4 members (excludes halogenated alkanes) is 1. The monoisotopic (exact) mass is 740 g/mol. The van der Waals surface area contributed by atoms with Crippen molar-refractivity contribution in [3.63, 3.8) is 0 Å². The number of hydrazone groups is 1. The number of carbonyl (C=O) groups excluding carboxylic acids is 1. The Morgan fingerprint density at radius 2 is 1.87 bits per heavy atom. The third kappa shape index (κ3) is 14.3. The molecule has 0 radical (unpaired) electrons. The maximum absolute atomic E-state index is 13.5. The van der Waals surface area contributed by atoms with E-state index < -0.39 is 0 Å². The molecule has 2 aromatic rings. The van der Waals surface area contributed by atoms with E-state index in [0.717, 1.165) is 84.8 Å². The second-order valence-corrected chi connectivity index (χ2v) is 14.2. The average Bonchev–Trinajstić information content (AvgIpc) is 3.15. The average molecular weight is 740 g/mol. The molecule has 2 unspecified atom stereocenters. The van der Waals surface area contributed by atoms with E-state index >= 15 is 0 Å². The second kappa shape index (κ2) is 23.2. The molecule has 2 heterocycles. The van der Waals surface area contributed by atoms with E-state index in [9.17, 15) is 4.79 Å². The number of pyridine rings is 1. The van der Waals surface area contributed by atoms with Gasteiger partial charge in [0, 0.05) is 43.5 Å². The molecule has 1 N–H and O–H groups in total. The van der Waals surface area contributed by atoms with Crippen molar-refractivity contribution in [2.45, 2.75) is 100.0 Å². The molecule has 0 aliphatic carbocycles. The zero-order valence-corrected chi connectivity index (χ0v) is 34.6. The number of aryl methyl sites for hydroxylation is 3. The Bertz CT molecular complexity index is 1670. The molecule has 10 nitrogen and oxygen atoms in total. The second-order valence-electron chi connectivity index (χ2n) is 14.2. The number of nitrogens with one attached hydrogen (secondary N) is 1. The molecule has 294 valence electrons. The zero-order valence-electron chi connectivity index (χ0n) is 34.6. The largest absolute Gasteiger partial charge is 0.490 e. The van der Waals surface area contributed by atoms with Crippen molar-refractivity contribution in [1.29, 1.82) is 0 Å². The third-order valence-electron chi connectivity index (χ3n) is 9.32. The molecular weight excluding hydrogens is 675 g/mol. The Morgan fingerprint density at radius 1 is 1.07 bits per heavy atom. The van der Waals surface area contributed by atoms with E-state index in [0.29, 0.717) is 37.2 Å². The Labute approximate surface area is 325 Å². The first-order valence-corrected chi connectivity index (χ1v) is 19.6. The molecule has 0 fully saturated rings. The van der Waals surface area contributed by atoms with Crippen molar-refractivity contribution < 1.29 is 14.3 Å². The summed E-state index contributed by atoms with van der Waals surface area (Å²) in [5, 5.41) is 9.66. The van der Waals surface area contributed by atoms with Gasteiger partial charge in [0.15, 0.2) is 5.84 Å². The van der Waals surface area contributed by atoms with Gasteiger partial charge in [0.1, 0.15) is 29.6 Å². The van der Waals surface area contributed by atoms with E-state index in [1.54, 1.807) is 12.3 Å². The minimum absolute atomic E-state index is 0.0348. The van der Waals surface area contributed by atoms with Crippen LogP contribution in [0.1, 0.15) is 95.7 Å². The highest BCUT2D eigenvalue weighted by atomic mass is 16.5. The highest BCUT2D eigenvalue weighted by Gasteiger charge is 2.23. The number of aromatic nitrogens is 1. The van der Waals surface area contributed by atoms with Crippen LogP contribution in [0.5, 0.6) is 11.5 Å². The number of nitrogens with zero attached hydrogens (tertiary/aromatic N) is 6. The highest BCUT2D eigenvalue weighted by Crippen LogP contribution is 2.27. The number of carbonyl (C=O) groups is 1. The summed E-state index contributed by atoms with van der Waals surface area (Å²) in [5.74, 6) is 3.58. The van der Waals surface area contributed by atoms with Gasteiger partial charge in [0.25, 0.3) is 0 Å². The van der Waals surface area contributed by atoms with Crippen LogP contribution in [0.4, 0.5) is 5.69 Å². The summed E-state index contributed by atoms with van der Waals surface area (Å²) in [5.41, 5.74) is 4.30. The summed E-state index contributed by atoms with van der Waals surface area (Å²) in [4.78, 5) is 27.4.